The molecule has 0 saturated carbocycles. The van der Waals surface area contributed by atoms with Crippen molar-refractivity contribution >= 4 is 16.9 Å². The molecule has 0 saturated heterocycles. The summed E-state index contributed by atoms with van der Waals surface area (Å²) in [6, 6.07) is 19.5. The van der Waals surface area contributed by atoms with Crippen molar-refractivity contribution in [3.63, 3.8) is 0 Å². The molecule has 114 valence electrons. The van der Waals surface area contributed by atoms with Crippen molar-refractivity contribution < 1.29 is 0 Å². The molecular formula is C19H13N5. The van der Waals surface area contributed by atoms with E-state index >= 15 is 0 Å². The highest BCUT2D eigenvalue weighted by Gasteiger charge is 2.15. The molecule has 2 N–H and O–H groups in total. The molecule has 0 bridgehead atoms. The van der Waals surface area contributed by atoms with Crippen LogP contribution in [0.2, 0.25) is 0 Å². The van der Waals surface area contributed by atoms with Gasteiger partial charge in [-0.05, 0) is 29.8 Å². The molecule has 2 aromatic heterocycles. The van der Waals surface area contributed by atoms with Crippen molar-refractivity contribution in [2.45, 2.75) is 0 Å². The standard InChI is InChI=1S/C19H13N5/c20-10-13-6-8-15(9-7-13)24-11-16(14-4-2-1-3-5-14)17-18(21)22-12-23-19(17)24/h1-9,11-12H,(H2,21,22,23). The van der Waals surface area contributed by atoms with Crippen LogP contribution < -0.4 is 5.73 Å². The van der Waals surface area contributed by atoms with Gasteiger partial charge in [0.1, 0.15) is 12.1 Å². The summed E-state index contributed by atoms with van der Waals surface area (Å²) in [5.74, 6) is 0.450. The Morgan fingerprint density at radius 2 is 1.71 bits per heavy atom. The molecule has 5 heteroatoms. The summed E-state index contributed by atoms with van der Waals surface area (Å²) in [5.41, 5.74) is 10.4. The minimum Gasteiger partial charge on any atom is -0.383 e. The monoisotopic (exact) mass is 311 g/mol. The lowest BCUT2D eigenvalue weighted by Gasteiger charge is -2.04. The fourth-order valence-electron chi connectivity index (χ4n) is 2.82. The Morgan fingerprint density at radius 3 is 2.42 bits per heavy atom. The number of nitrogens with two attached hydrogens (primary N) is 1. The lowest BCUT2D eigenvalue weighted by molar-refractivity contribution is 1.08. The van der Waals surface area contributed by atoms with Gasteiger partial charge in [-0.3, -0.25) is 0 Å². The quantitative estimate of drug-likeness (QED) is 0.614. The van der Waals surface area contributed by atoms with E-state index in [2.05, 4.69) is 16.0 Å². The molecule has 2 heterocycles. The number of hydrogen-bond acceptors (Lipinski definition) is 4. The zero-order valence-corrected chi connectivity index (χ0v) is 12.7. The molecular weight excluding hydrogens is 298 g/mol. The van der Waals surface area contributed by atoms with Crippen LogP contribution in [-0.2, 0) is 0 Å². The van der Waals surface area contributed by atoms with Gasteiger partial charge in [-0.25, -0.2) is 9.97 Å². The maximum atomic E-state index is 8.97. The summed E-state index contributed by atoms with van der Waals surface area (Å²) < 4.78 is 1.97. The van der Waals surface area contributed by atoms with Gasteiger partial charge in [-0.1, -0.05) is 30.3 Å². The van der Waals surface area contributed by atoms with E-state index in [4.69, 9.17) is 11.0 Å². The number of aromatic nitrogens is 3. The van der Waals surface area contributed by atoms with Crippen LogP contribution in [0.15, 0.2) is 67.1 Å². The first-order valence-electron chi connectivity index (χ1n) is 7.45. The second kappa shape index (κ2) is 5.52. The van der Waals surface area contributed by atoms with Gasteiger partial charge in [-0.2, -0.15) is 5.26 Å². The molecule has 24 heavy (non-hydrogen) atoms. The number of rotatable bonds is 2. The number of nitrogens with zero attached hydrogens (tertiary/aromatic N) is 4. The summed E-state index contributed by atoms with van der Waals surface area (Å²) in [6.07, 6.45) is 3.47. The minimum atomic E-state index is 0.450. The fourth-order valence-corrected chi connectivity index (χ4v) is 2.82. The third kappa shape index (κ3) is 2.18. The molecule has 0 spiro atoms. The number of nitrogen functional groups attached to an aromatic ring is 1. The molecule has 4 aromatic rings. The summed E-state index contributed by atoms with van der Waals surface area (Å²) in [7, 11) is 0. The smallest absolute Gasteiger partial charge is 0.150 e. The second-order valence-electron chi connectivity index (χ2n) is 5.39. The number of benzene rings is 2. The maximum absolute atomic E-state index is 8.97. The molecule has 5 nitrogen and oxygen atoms in total. The van der Waals surface area contributed by atoms with Gasteiger partial charge in [-0.15, -0.1) is 0 Å². The van der Waals surface area contributed by atoms with Crippen LogP contribution >= 0.6 is 0 Å². The number of fused-ring (bicyclic) bond motifs is 1. The van der Waals surface area contributed by atoms with Crippen LogP contribution in [0.25, 0.3) is 27.8 Å². The van der Waals surface area contributed by atoms with Crippen LogP contribution in [0.3, 0.4) is 0 Å². The molecule has 0 unspecified atom stereocenters. The van der Waals surface area contributed by atoms with Gasteiger partial charge in [0.05, 0.1) is 17.0 Å². The highest BCUT2D eigenvalue weighted by molar-refractivity contribution is 6.01. The third-order valence-electron chi connectivity index (χ3n) is 3.97. The molecule has 4 rings (SSSR count). The molecule has 0 amide bonds. The first-order chi connectivity index (χ1) is 11.8. The van der Waals surface area contributed by atoms with Crippen LogP contribution in [0.1, 0.15) is 5.56 Å². The van der Waals surface area contributed by atoms with Crippen molar-refractivity contribution in [2.24, 2.45) is 0 Å². The van der Waals surface area contributed by atoms with Crippen molar-refractivity contribution in [3.8, 4) is 22.9 Å². The van der Waals surface area contributed by atoms with Crippen molar-refractivity contribution in [1.82, 2.24) is 14.5 Å². The van der Waals surface area contributed by atoms with E-state index in [0.717, 1.165) is 27.8 Å². The zero-order valence-electron chi connectivity index (χ0n) is 12.7. The van der Waals surface area contributed by atoms with E-state index in [9.17, 15) is 0 Å². The van der Waals surface area contributed by atoms with Gasteiger partial charge in [0.2, 0.25) is 0 Å². The first kappa shape index (κ1) is 14.0. The zero-order chi connectivity index (χ0) is 16.5. The lowest BCUT2D eigenvalue weighted by Crippen LogP contribution is -1.96. The summed E-state index contributed by atoms with van der Waals surface area (Å²) in [6.45, 7) is 0. The Labute approximate surface area is 138 Å². The van der Waals surface area contributed by atoms with E-state index < -0.39 is 0 Å². The van der Waals surface area contributed by atoms with E-state index in [1.165, 1.54) is 6.33 Å². The Hall–Kier alpha value is -3.65. The topological polar surface area (TPSA) is 80.5 Å². The molecule has 0 atom stereocenters. The Bertz CT molecular complexity index is 1060. The normalized spacial score (nSPS) is 10.6. The first-order valence-corrected chi connectivity index (χ1v) is 7.45. The second-order valence-corrected chi connectivity index (χ2v) is 5.39. The SMILES string of the molecule is N#Cc1ccc(-n2cc(-c3ccccc3)c3c(N)ncnc32)cc1. The van der Waals surface area contributed by atoms with Crippen LogP contribution in [0.5, 0.6) is 0 Å². The van der Waals surface area contributed by atoms with E-state index in [-0.39, 0.29) is 0 Å². The lowest BCUT2D eigenvalue weighted by atomic mass is 10.1. The molecule has 0 aliphatic heterocycles. The third-order valence-corrected chi connectivity index (χ3v) is 3.97. The Kier molecular flexibility index (Phi) is 3.22. The summed E-state index contributed by atoms with van der Waals surface area (Å²) in [5, 5.41) is 9.79. The number of nitriles is 1. The van der Waals surface area contributed by atoms with Crippen LogP contribution in [-0.4, -0.2) is 14.5 Å². The van der Waals surface area contributed by atoms with Gasteiger partial charge in [0.15, 0.2) is 5.65 Å². The van der Waals surface area contributed by atoms with Crippen molar-refractivity contribution in [1.29, 1.82) is 5.26 Å². The predicted molar refractivity (Wildman–Crippen MR) is 93.4 cm³/mol. The number of hydrogen-bond donors (Lipinski definition) is 1. The van der Waals surface area contributed by atoms with Gasteiger partial charge >= 0.3 is 0 Å². The Balaban J connectivity index is 2.00. The largest absolute Gasteiger partial charge is 0.383 e. The van der Waals surface area contributed by atoms with Gasteiger partial charge in [0.25, 0.3) is 0 Å². The van der Waals surface area contributed by atoms with Gasteiger partial charge in [0, 0.05) is 17.4 Å². The van der Waals surface area contributed by atoms with E-state index in [1.807, 2.05) is 53.2 Å². The van der Waals surface area contributed by atoms with E-state index in [1.54, 1.807) is 12.1 Å². The molecule has 0 fully saturated rings. The van der Waals surface area contributed by atoms with E-state index in [0.29, 0.717) is 11.4 Å². The van der Waals surface area contributed by atoms with Crippen molar-refractivity contribution in [3.05, 3.63) is 72.7 Å². The molecule has 0 radical (unpaired) electrons. The average molecular weight is 311 g/mol. The Morgan fingerprint density at radius 1 is 0.958 bits per heavy atom. The maximum Gasteiger partial charge on any atom is 0.150 e. The molecule has 0 aliphatic carbocycles. The van der Waals surface area contributed by atoms with Crippen molar-refractivity contribution in [2.75, 3.05) is 5.73 Å². The molecule has 2 aromatic carbocycles. The summed E-state index contributed by atoms with van der Waals surface area (Å²) in [4.78, 5) is 8.55. The highest BCUT2D eigenvalue weighted by atomic mass is 15.1. The van der Waals surface area contributed by atoms with Crippen LogP contribution in [0.4, 0.5) is 5.82 Å². The van der Waals surface area contributed by atoms with Crippen LogP contribution in [0, 0.1) is 11.3 Å². The highest BCUT2D eigenvalue weighted by Crippen LogP contribution is 2.34. The molecule has 0 aliphatic rings. The summed E-state index contributed by atoms with van der Waals surface area (Å²) >= 11 is 0. The van der Waals surface area contributed by atoms with Gasteiger partial charge < -0.3 is 10.3 Å². The predicted octanol–water partition coefficient (Wildman–Crippen LogP) is 3.54. The fraction of sp³-hybridized carbons (Fsp3) is 0. The minimum absolute atomic E-state index is 0.450. The number of anilines is 1. The average Bonchev–Trinajstić information content (AvgIpc) is 3.04.